The third kappa shape index (κ3) is 7.30. The molecule has 0 aliphatic carbocycles. The molecule has 10 nitrogen and oxygen atoms in total. The number of hydrogen-bond acceptors (Lipinski definition) is 7. The van der Waals surface area contributed by atoms with Crippen LogP contribution < -0.4 is 15.2 Å². The Kier molecular flexibility index (Phi) is 9.28. The third-order valence-electron chi connectivity index (χ3n) is 6.84. The quantitative estimate of drug-likeness (QED) is 0.308. The topological polar surface area (TPSA) is 130 Å². The van der Waals surface area contributed by atoms with Crippen LogP contribution >= 0.6 is 0 Å². The summed E-state index contributed by atoms with van der Waals surface area (Å²) in [5.74, 6) is -1.48. The van der Waals surface area contributed by atoms with Crippen LogP contribution in [-0.4, -0.2) is 68.3 Å². The highest BCUT2D eigenvalue weighted by molar-refractivity contribution is 7.89. The molecule has 1 saturated heterocycles. The Morgan fingerprint density at radius 2 is 1.83 bits per heavy atom. The molecular weight excluding hydrogens is 579 g/mol. The molecule has 3 aromatic rings. The first-order valence-corrected chi connectivity index (χ1v) is 14.4. The van der Waals surface area contributed by atoms with Crippen molar-refractivity contribution < 1.29 is 45.4 Å². The lowest BCUT2D eigenvalue weighted by Gasteiger charge is -2.24. The van der Waals surface area contributed by atoms with Crippen molar-refractivity contribution in [2.45, 2.75) is 43.7 Å². The maximum atomic E-state index is 13.7. The molecule has 1 unspecified atom stereocenters. The normalized spacial score (nSPS) is 15.6. The number of Topliss-reactive ketones (excluding diaryl/α,β-unsaturated/α-hetero) is 1. The van der Waals surface area contributed by atoms with Crippen LogP contribution in [0.4, 0.5) is 13.2 Å². The molecule has 1 aromatic heterocycles. The summed E-state index contributed by atoms with van der Waals surface area (Å²) in [6, 6.07) is 12.2. The number of carbonyl (C=O) groups is 2. The van der Waals surface area contributed by atoms with Gasteiger partial charge < -0.3 is 24.5 Å². The second-order valence-corrected chi connectivity index (χ2v) is 11.6. The van der Waals surface area contributed by atoms with Crippen LogP contribution in [0.25, 0.3) is 0 Å². The molecule has 42 heavy (non-hydrogen) atoms. The van der Waals surface area contributed by atoms with Crippen molar-refractivity contribution in [1.82, 2.24) is 8.87 Å². The van der Waals surface area contributed by atoms with Gasteiger partial charge in [0, 0.05) is 25.4 Å². The molecule has 1 atom stereocenters. The van der Waals surface area contributed by atoms with Gasteiger partial charge in [0.05, 0.1) is 35.9 Å². The molecule has 4 rings (SSSR count). The predicted molar refractivity (Wildman–Crippen MR) is 145 cm³/mol. The molecular formula is C28H30F3N3O7S. The average molecular weight is 610 g/mol. The van der Waals surface area contributed by atoms with Crippen molar-refractivity contribution in [1.29, 1.82) is 0 Å². The molecule has 2 aromatic carbocycles. The van der Waals surface area contributed by atoms with Crippen LogP contribution in [-0.2, 0) is 21.3 Å². The van der Waals surface area contributed by atoms with Crippen molar-refractivity contribution in [2.75, 3.05) is 26.8 Å². The van der Waals surface area contributed by atoms with Gasteiger partial charge in [0.2, 0.25) is 10.0 Å². The SMILES string of the molecule is COc1ccc(S(=O)(=O)N(CC(=O)c2cc(C(N)=O)c(C)n2Cc2cccc(OC(F)(F)F)c2)CC2CCCO2)cc1. The molecule has 226 valence electrons. The zero-order valence-electron chi connectivity index (χ0n) is 22.9. The summed E-state index contributed by atoms with van der Waals surface area (Å²) in [6.07, 6.45) is -3.96. The van der Waals surface area contributed by atoms with Gasteiger partial charge in [0.15, 0.2) is 5.78 Å². The van der Waals surface area contributed by atoms with E-state index in [-0.39, 0.29) is 34.9 Å². The zero-order chi connectivity index (χ0) is 30.7. The fourth-order valence-electron chi connectivity index (χ4n) is 4.75. The van der Waals surface area contributed by atoms with Crippen LogP contribution in [0.3, 0.4) is 0 Å². The molecule has 1 amide bonds. The number of hydrogen-bond donors (Lipinski definition) is 1. The Hall–Kier alpha value is -3.88. The number of aromatic nitrogens is 1. The van der Waals surface area contributed by atoms with E-state index >= 15 is 0 Å². The summed E-state index contributed by atoms with van der Waals surface area (Å²) in [7, 11) is -2.73. The van der Waals surface area contributed by atoms with E-state index in [1.165, 1.54) is 61.1 Å². The van der Waals surface area contributed by atoms with Crippen LogP contribution in [0.1, 0.15) is 44.9 Å². The smallest absolute Gasteiger partial charge is 0.497 e. The number of halogens is 3. The van der Waals surface area contributed by atoms with Crippen molar-refractivity contribution >= 4 is 21.7 Å². The van der Waals surface area contributed by atoms with Gasteiger partial charge in [-0.1, -0.05) is 12.1 Å². The van der Waals surface area contributed by atoms with Gasteiger partial charge >= 0.3 is 6.36 Å². The minimum Gasteiger partial charge on any atom is -0.497 e. The first kappa shape index (κ1) is 31.1. The van der Waals surface area contributed by atoms with E-state index in [2.05, 4.69) is 4.74 Å². The molecule has 0 bridgehead atoms. The van der Waals surface area contributed by atoms with E-state index in [1.807, 2.05) is 0 Å². The Morgan fingerprint density at radius 3 is 2.43 bits per heavy atom. The number of ether oxygens (including phenoxy) is 3. The Bertz CT molecular complexity index is 1550. The summed E-state index contributed by atoms with van der Waals surface area (Å²) in [6.45, 7) is 1.21. The standard InChI is InChI=1S/C28H30F3N3O7S/c1-18-24(27(32)36)14-25(34(18)15-19-5-3-6-21(13-19)41-28(29,30)31)26(35)17-33(16-22-7-4-12-40-22)42(37,38)23-10-8-20(39-2)9-11-23/h3,5-6,8-11,13-14,22H,4,7,12,15-17H2,1-2H3,(H2,32,36). The minimum atomic E-state index is -4.90. The van der Waals surface area contributed by atoms with Crippen LogP contribution in [0.15, 0.2) is 59.5 Å². The highest BCUT2D eigenvalue weighted by Gasteiger charge is 2.33. The third-order valence-corrected chi connectivity index (χ3v) is 8.66. The lowest BCUT2D eigenvalue weighted by atomic mass is 10.2. The summed E-state index contributed by atoms with van der Waals surface area (Å²) >= 11 is 0. The summed E-state index contributed by atoms with van der Waals surface area (Å²) in [4.78, 5) is 25.8. The van der Waals surface area contributed by atoms with E-state index in [4.69, 9.17) is 15.2 Å². The molecule has 2 N–H and O–H groups in total. The Balaban J connectivity index is 1.68. The van der Waals surface area contributed by atoms with Crippen molar-refractivity contribution in [3.05, 3.63) is 77.1 Å². The van der Waals surface area contributed by atoms with Gasteiger partial charge in [-0.05, 0) is 67.8 Å². The lowest BCUT2D eigenvalue weighted by Crippen LogP contribution is -2.41. The fraction of sp³-hybridized carbons (Fsp3) is 0.357. The van der Waals surface area contributed by atoms with E-state index in [1.54, 1.807) is 0 Å². The molecule has 1 aliphatic rings. The highest BCUT2D eigenvalue weighted by Crippen LogP contribution is 2.27. The monoisotopic (exact) mass is 609 g/mol. The highest BCUT2D eigenvalue weighted by atomic mass is 32.2. The first-order chi connectivity index (χ1) is 19.8. The number of benzene rings is 2. The van der Waals surface area contributed by atoms with Crippen molar-refractivity contribution in [3.8, 4) is 11.5 Å². The maximum Gasteiger partial charge on any atom is 0.573 e. The average Bonchev–Trinajstić information content (AvgIpc) is 3.55. The Labute approximate surface area is 240 Å². The number of nitrogens with two attached hydrogens (primary N) is 1. The number of sulfonamides is 1. The molecule has 0 saturated carbocycles. The van der Waals surface area contributed by atoms with Gasteiger partial charge in [0.1, 0.15) is 11.5 Å². The molecule has 2 heterocycles. The largest absolute Gasteiger partial charge is 0.573 e. The maximum absolute atomic E-state index is 13.7. The van der Waals surface area contributed by atoms with Crippen molar-refractivity contribution in [2.24, 2.45) is 5.73 Å². The fourth-order valence-corrected chi connectivity index (χ4v) is 6.18. The summed E-state index contributed by atoms with van der Waals surface area (Å²) in [5, 5.41) is 0. The minimum absolute atomic E-state index is 0.0183. The van der Waals surface area contributed by atoms with Crippen LogP contribution in [0.5, 0.6) is 11.5 Å². The number of alkyl halides is 3. The Morgan fingerprint density at radius 1 is 1.12 bits per heavy atom. The van der Waals surface area contributed by atoms with E-state index in [0.717, 1.165) is 22.9 Å². The first-order valence-electron chi connectivity index (χ1n) is 12.9. The number of nitrogens with zero attached hydrogens (tertiary/aromatic N) is 2. The number of primary amides is 1. The predicted octanol–water partition coefficient (Wildman–Crippen LogP) is 3.90. The zero-order valence-corrected chi connectivity index (χ0v) is 23.7. The number of ketones is 1. The van der Waals surface area contributed by atoms with E-state index < -0.39 is 46.5 Å². The number of rotatable bonds is 12. The molecule has 0 radical (unpaired) electrons. The number of carbonyl (C=O) groups excluding carboxylic acids is 2. The van der Waals surface area contributed by atoms with Gasteiger partial charge in [-0.3, -0.25) is 9.59 Å². The molecule has 1 fully saturated rings. The van der Waals surface area contributed by atoms with Gasteiger partial charge in [0.25, 0.3) is 5.91 Å². The van der Waals surface area contributed by atoms with E-state index in [0.29, 0.717) is 24.3 Å². The van der Waals surface area contributed by atoms with Gasteiger partial charge in [-0.15, -0.1) is 13.2 Å². The summed E-state index contributed by atoms with van der Waals surface area (Å²) < 4.78 is 82.8. The van der Waals surface area contributed by atoms with Gasteiger partial charge in [-0.25, -0.2) is 8.42 Å². The van der Waals surface area contributed by atoms with Crippen LogP contribution in [0, 0.1) is 6.92 Å². The summed E-state index contributed by atoms with van der Waals surface area (Å²) in [5.41, 5.74) is 6.13. The molecule has 0 spiro atoms. The van der Waals surface area contributed by atoms with Crippen molar-refractivity contribution in [3.63, 3.8) is 0 Å². The van der Waals surface area contributed by atoms with E-state index in [9.17, 15) is 31.2 Å². The molecule has 1 aliphatic heterocycles. The number of methoxy groups -OCH3 is 1. The van der Waals surface area contributed by atoms with Crippen LogP contribution in [0.2, 0.25) is 0 Å². The van der Waals surface area contributed by atoms with Gasteiger partial charge in [-0.2, -0.15) is 4.31 Å². The lowest BCUT2D eigenvalue weighted by molar-refractivity contribution is -0.274. The second kappa shape index (κ2) is 12.5. The number of amides is 1. The molecule has 14 heteroatoms. The second-order valence-electron chi connectivity index (χ2n) is 9.71.